The van der Waals surface area contributed by atoms with Crippen LogP contribution in [0.1, 0.15) is 61.5 Å². The number of anilines is 1. The van der Waals surface area contributed by atoms with Crippen molar-refractivity contribution in [3.05, 3.63) is 23.4 Å². The molecule has 4 nitrogen and oxygen atoms in total. The maximum Gasteiger partial charge on any atom is 0.335 e. The van der Waals surface area contributed by atoms with E-state index in [4.69, 9.17) is 0 Å². The van der Waals surface area contributed by atoms with Gasteiger partial charge in [0.2, 0.25) is 0 Å². The van der Waals surface area contributed by atoms with Gasteiger partial charge in [-0.3, -0.25) is 0 Å². The number of aromatic nitrogens is 1. The number of carbonyl (C=O) groups is 1. The van der Waals surface area contributed by atoms with Crippen LogP contribution < -0.4 is 5.32 Å². The van der Waals surface area contributed by atoms with Gasteiger partial charge >= 0.3 is 5.97 Å². The van der Waals surface area contributed by atoms with Gasteiger partial charge in [0.05, 0.1) is 5.56 Å². The molecule has 0 radical (unpaired) electrons. The zero-order chi connectivity index (χ0) is 15.5. The van der Waals surface area contributed by atoms with Crippen molar-refractivity contribution in [2.75, 3.05) is 18.1 Å². The average molecular weight is 308 g/mol. The topological polar surface area (TPSA) is 62.2 Å². The average Bonchev–Trinajstić information content (AvgIpc) is 2.94. The summed E-state index contributed by atoms with van der Waals surface area (Å²) in [5.74, 6) is -0.00689. The van der Waals surface area contributed by atoms with Crippen LogP contribution in [-0.4, -0.2) is 33.6 Å². The van der Waals surface area contributed by atoms with E-state index in [9.17, 15) is 9.90 Å². The molecule has 5 heteroatoms. The second-order valence-electron chi connectivity index (χ2n) is 6.07. The lowest BCUT2D eigenvalue weighted by atomic mass is 10.1. The first-order valence-electron chi connectivity index (χ1n) is 7.50. The van der Waals surface area contributed by atoms with Crippen LogP contribution in [0.15, 0.2) is 12.1 Å². The second-order valence-corrected chi connectivity index (χ2v) is 7.35. The summed E-state index contributed by atoms with van der Waals surface area (Å²) in [5, 5.41) is 12.6. The summed E-state index contributed by atoms with van der Waals surface area (Å²) in [7, 11) is 0. The number of pyridine rings is 1. The fraction of sp³-hybridized carbons (Fsp3) is 0.625. The fourth-order valence-electron chi connectivity index (χ4n) is 2.79. The number of thioether (sulfide) groups is 1. The lowest BCUT2D eigenvalue weighted by molar-refractivity contribution is 0.0696. The molecule has 0 atom stereocenters. The van der Waals surface area contributed by atoms with Crippen LogP contribution in [0.3, 0.4) is 0 Å². The van der Waals surface area contributed by atoms with E-state index in [0.717, 1.165) is 12.2 Å². The molecule has 0 amide bonds. The fourth-order valence-corrected chi connectivity index (χ4v) is 3.70. The summed E-state index contributed by atoms with van der Waals surface area (Å²) in [6.45, 7) is 4.90. The SMILES string of the molecule is CSC1(CNc2cc(C(=O)O)cc(C(C)C)n2)CCCC1. The third-order valence-electron chi connectivity index (χ3n) is 4.22. The number of carboxylic acid groups (broad SMARTS) is 1. The van der Waals surface area contributed by atoms with Gasteiger partial charge in [0.15, 0.2) is 0 Å². The van der Waals surface area contributed by atoms with Crippen molar-refractivity contribution in [2.45, 2.75) is 50.2 Å². The molecule has 2 N–H and O–H groups in total. The van der Waals surface area contributed by atoms with E-state index in [2.05, 4.69) is 16.6 Å². The summed E-state index contributed by atoms with van der Waals surface area (Å²) in [5.41, 5.74) is 1.13. The molecular formula is C16H24N2O2S. The molecule has 0 aromatic carbocycles. The van der Waals surface area contributed by atoms with E-state index in [1.807, 2.05) is 25.6 Å². The minimum absolute atomic E-state index is 0.214. The third kappa shape index (κ3) is 3.90. The molecule has 1 aliphatic rings. The summed E-state index contributed by atoms with van der Waals surface area (Å²) >= 11 is 1.91. The van der Waals surface area contributed by atoms with Gasteiger partial charge in [0.1, 0.15) is 5.82 Å². The number of rotatable bonds is 6. The molecule has 21 heavy (non-hydrogen) atoms. The molecule has 1 saturated carbocycles. The molecule has 0 bridgehead atoms. The molecule has 1 aromatic heterocycles. The molecule has 1 heterocycles. The molecule has 2 rings (SSSR count). The van der Waals surface area contributed by atoms with Gasteiger partial charge in [-0.2, -0.15) is 11.8 Å². The number of nitrogens with zero attached hydrogens (tertiary/aromatic N) is 1. The Balaban J connectivity index is 2.17. The number of hydrogen-bond donors (Lipinski definition) is 2. The zero-order valence-corrected chi connectivity index (χ0v) is 13.8. The lowest BCUT2D eigenvalue weighted by Gasteiger charge is -2.27. The number of carboxylic acids is 1. The molecule has 1 aliphatic carbocycles. The minimum Gasteiger partial charge on any atom is -0.478 e. The van der Waals surface area contributed by atoms with Crippen molar-refractivity contribution in [1.82, 2.24) is 4.98 Å². The molecule has 0 saturated heterocycles. The first-order chi connectivity index (χ1) is 9.96. The van der Waals surface area contributed by atoms with E-state index >= 15 is 0 Å². The smallest absolute Gasteiger partial charge is 0.335 e. The highest BCUT2D eigenvalue weighted by atomic mass is 32.2. The van der Waals surface area contributed by atoms with Crippen LogP contribution >= 0.6 is 11.8 Å². The van der Waals surface area contributed by atoms with Crippen LogP contribution in [0.4, 0.5) is 5.82 Å². The van der Waals surface area contributed by atoms with Crippen LogP contribution in [0, 0.1) is 0 Å². The Hall–Kier alpha value is -1.23. The van der Waals surface area contributed by atoms with Gasteiger partial charge < -0.3 is 10.4 Å². The molecule has 116 valence electrons. The Morgan fingerprint density at radius 3 is 2.62 bits per heavy atom. The van der Waals surface area contributed by atoms with Gasteiger partial charge in [-0.1, -0.05) is 26.7 Å². The standard InChI is InChI=1S/C16H24N2O2S/c1-11(2)13-8-12(15(19)20)9-14(18-13)17-10-16(21-3)6-4-5-7-16/h8-9,11H,4-7,10H2,1-3H3,(H,17,18)(H,19,20). The molecular weight excluding hydrogens is 284 g/mol. The van der Waals surface area contributed by atoms with Crippen molar-refractivity contribution in [3.8, 4) is 0 Å². The van der Waals surface area contributed by atoms with Gasteiger partial charge in [0.25, 0.3) is 0 Å². The van der Waals surface area contributed by atoms with Crippen LogP contribution in [-0.2, 0) is 0 Å². The Bertz CT molecular complexity index is 511. The maximum atomic E-state index is 11.2. The molecule has 1 aromatic rings. The molecule has 0 spiro atoms. The molecule has 1 fully saturated rings. The summed E-state index contributed by atoms with van der Waals surface area (Å²) in [6.07, 6.45) is 7.16. The highest BCUT2D eigenvalue weighted by Crippen LogP contribution is 2.40. The normalized spacial score (nSPS) is 17.1. The first kappa shape index (κ1) is 16.1. The van der Waals surface area contributed by atoms with Gasteiger partial charge in [-0.25, -0.2) is 9.78 Å². The Morgan fingerprint density at radius 2 is 2.10 bits per heavy atom. The quantitative estimate of drug-likeness (QED) is 0.832. The van der Waals surface area contributed by atoms with Crippen LogP contribution in [0.5, 0.6) is 0 Å². The number of aromatic carboxylic acids is 1. The monoisotopic (exact) mass is 308 g/mol. The predicted octanol–water partition coefficient (Wildman–Crippen LogP) is 3.99. The lowest BCUT2D eigenvalue weighted by Crippen LogP contribution is -2.30. The van der Waals surface area contributed by atoms with Crippen molar-refractivity contribution >= 4 is 23.5 Å². The van der Waals surface area contributed by atoms with Gasteiger partial charge in [-0.15, -0.1) is 0 Å². The third-order valence-corrected chi connectivity index (χ3v) is 5.64. The molecule has 0 aliphatic heterocycles. The van der Waals surface area contributed by atoms with Crippen molar-refractivity contribution in [3.63, 3.8) is 0 Å². The summed E-state index contributed by atoms with van der Waals surface area (Å²) < 4.78 is 0.277. The van der Waals surface area contributed by atoms with E-state index < -0.39 is 5.97 Å². The minimum atomic E-state index is -0.900. The number of nitrogens with one attached hydrogen (secondary N) is 1. The van der Waals surface area contributed by atoms with Crippen LogP contribution in [0.25, 0.3) is 0 Å². The van der Waals surface area contributed by atoms with Crippen molar-refractivity contribution in [1.29, 1.82) is 0 Å². The van der Waals surface area contributed by atoms with Crippen LogP contribution in [0.2, 0.25) is 0 Å². The first-order valence-corrected chi connectivity index (χ1v) is 8.72. The van der Waals surface area contributed by atoms with Gasteiger partial charge in [0, 0.05) is 17.0 Å². The summed E-state index contributed by atoms with van der Waals surface area (Å²) in [6, 6.07) is 3.30. The maximum absolute atomic E-state index is 11.2. The Labute approximate surface area is 130 Å². The highest BCUT2D eigenvalue weighted by molar-refractivity contribution is 8.00. The van der Waals surface area contributed by atoms with Crippen molar-refractivity contribution < 1.29 is 9.90 Å². The Kier molecular flexibility index (Phi) is 5.14. The number of hydrogen-bond acceptors (Lipinski definition) is 4. The molecule has 0 unspecified atom stereocenters. The Morgan fingerprint density at radius 1 is 1.43 bits per heavy atom. The van der Waals surface area contributed by atoms with Crippen molar-refractivity contribution in [2.24, 2.45) is 0 Å². The zero-order valence-electron chi connectivity index (χ0n) is 13.0. The predicted molar refractivity (Wildman–Crippen MR) is 88.5 cm³/mol. The van der Waals surface area contributed by atoms with E-state index in [1.54, 1.807) is 12.1 Å². The van der Waals surface area contributed by atoms with E-state index in [0.29, 0.717) is 11.4 Å². The van der Waals surface area contributed by atoms with E-state index in [-0.39, 0.29) is 10.7 Å². The highest BCUT2D eigenvalue weighted by Gasteiger charge is 2.32. The second kappa shape index (κ2) is 6.69. The van der Waals surface area contributed by atoms with Gasteiger partial charge in [-0.05, 0) is 37.1 Å². The summed E-state index contributed by atoms with van der Waals surface area (Å²) in [4.78, 5) is 15.8. The largest absolute Gasteiger partial charge is 0.478 e. The van der Waals surface area contributed by atoms with E-state index in [1.165, 1.54) is 25.7 Å².